The number of aryl methyl sites for hydroxylation is 1. The molecule has 4 rings (SSSR count). The molecule has 0 saturated heterocycles. The molecule has 142 valence electrons. The predicted octanol–water partition coefficient (Wildman–Crippen LogP) is 2.38. The van der Waals surface area contributed by atoms with Crippen LogP contribution in [0.1, 0.15) is 34.6 Å². The van der Waals surface area contributed by atoms with E-state index in [-0.39, 0.29) is 17.3 Å². The van der Waals surface area contributed by atoms with E-state index in [1.807, 2.05) is 56.3 Å². The molecule has 1 amide bonds. The van der Waals surface area contributed by atoms with Crippen molar-refractivity contribution >= 4 is 22.5 Å². The number of H-pyrrole nitrogens is 1. The lowest BCUT2D eigenvalue weighted by molar-refractivity contribution is 0.0936. The summed E-state index contributed by atoms with van der Waals surface area (Å²) in [5, 5.41) is 10.9. The molecule has 0 aliphatic carbocycles. The van der Waals surface area contributed by atoms with Crippen molar-refractivity contribution in [3.8, 4) is 5.75 Å². The van der Waals surface area contributed by atoms with Crippen LogP contribution in [0.15, 0.2) is 47.3 Å². The lowest BCUT2D eigenvalue weighted by Gasteiger charge is -2.14. The van der Waals surface area contributed by atoms with E-state index in [1.54, 1.807) is 7.11 Å². The zero-order valence-electron chi connectivity index (χ0n) is 15.7. The fourth-order valence-electron chi connectivity index (χ4n) is 3.16. The Hall–Kier alpha value is -3.68. The normalized spacial score (nSPS) is 12.2. The summed E-state index contributed by atoms with van der Waals surface area (Å²) in [5.74, 6) is 0.274. The number of amides is 1. The number of benzene rings is 2. The smallest absolute Gasteiger partial charge is 0.277 e. The molecule has 4 aromatic rings. The van der Waals surface area contributed by atoms with E-state index in [0.717, 1.165) is 16.9 Å². The monoisotopic (exact) mass is 377 g/mol. The molecule has 2 heterocycles. The summed E-state index contributed by atoms with van der Waals surface area (Å²) >= 11 is 0. The zero-order valence-corrected chi connectivity index (χ0v) is 15.7. The van der Waals surface area contributed by atoms with Crippen LogP contribution in [0, 0.1) is 6.92 Å². The Morgan fingerprint density at radius 3 is 2.68 bits per heavy atom. The van der Waals surface area contributed by atoms with E-state index >= 15 is 0 Å². The van der Waals surface area contributed by atoms with Crippen LogP contribution in [0.5, 0.6) is 5.75 Å². The average Bonchev–Trinajstić information content (AvgIpc) is 3.14. The number of carbonyl (C=O) groups is 1. The van der Waals surface area contributed by atoms with Gasteiger partial charge in [0.15, 0.2) is 11.2 Å². The maximum absolute atomic E-state index is 12.8. The van der Waals surface area contributed by atoms with Gasteiger partial charge in [-0.15, -0.1) is 5.10 Å². The van der Waals surface area contributed by atoms with Crippen LogP contribution in [-0.4, -0.2) is 32.8 Å². The van der Waals surface area contributed by atoms with Gasteiger partial charge < -0.3 is 15.0 Å². The van der Waals surface area contributed by atoms with Crippen LogP contribution < -0.4 is 15.6 Å². The molecule has 2 N–H and O–H groups in total. The Morgan fingerprint density at radius 2 is 1.96 bits per heavy atom. The number of aromatic nitrogens is 4. The third-order valence-corrected chi connectivity index (χ3v) is 4.69. The van der Waals surface area contributed by atoms with Crippen molar-refractivity contribution < 1.29 is 9.53 Å². The lowest BCUT2D eigenvalue weighted by Crippen LogP contribution is -2.28. The SMILES string of the molecule is COc1ccc([C@@H](C)NC(=O)c2nnn3c2c(=O)[nH]c2cc(C)ccc23)cc1. The van der Waals surface area contributed by atoms with Gasteiger partial charge in [-0.05, 0) is 49.2 Å². The quantitative estimate of drug-likeness (QED) is 0.569. The minimum atomic E-state index is -0.463. The second-order valence-corrected chi connectivity index (χ2v) is 6.64. The largest absolute Gasteiger partial charge is 0.497 e. The van der Waals surface area contributed by atoms with Crippen LogP contribution in [0.25, 0.3) is 16.6 Å². The lowest BCUT2D eigenvalue weighted by atomic mass is 10.1. The van der Waals surface area contributed by atoms with Crippen LogP contribution in [-0.2, 0) is 0 Å². The van der Waals surface area contributed by atoms with Crippen molar-refractivity contribution in [2.75, 3.05) is 7.11 Å². The minimum Gasteiger partial charge on any atom is -0.497 e. The van der Waals surface area contributed by atoms with Gasteiger partial charge in [0.1, 0.15) is 5.75 Å². The fraction of sp³-hybridized carbons (Fsp3) is 0.200. The Bertz CT molecular complexity index is 1240. The van der Waals surface area contributed by atoms with Gasteiger partial charge in [-0.3, -0.25) is 9.59 Å². The fourth-order valence-corrected chi connectivity index (χ4v) is 3.16. The standard InChI is InChI=1S/C20H19N5O3/c1-11-4-9-16-15(10-11)22-20(27)18-17(23-24-25(16)18)19(26)21-12(2)13-5-7-14(28-3)8-6-13/h4-10,12H,1-3H3,(H,21,26)(H,22,27)/t12-/m1/s1. The first-order chi connectivity index (χ1) is 13.5. The predicted molar refractivity (Wildman–Crippen MR) is 105 cm³/mol. The second-order valence-electron chi connectivity index (χ2n) is 6.64. The number of nitrogens with one attached hydrogen (secondary N) is 2. The molecule has 0 fully saturated rings. The summed E-state index contributed by atoms with van der Waals surface area (Å²) in [6.45, 7) is 3.79. The van der Waals surface area contributed by atoms with Crippen molar-refractivity contribution in [3.63, 3.8) is 0 Å². The van der Waals surface area contributed by atoms with E-state index in [1.165, 1.54) is 4.52 Å². The molecule has 8 nitrogen and oxygen atoms in total. The molecule has 0 unspecified atom stereocenters. The van der Waals surface area contributed by atoms with E-state index in [4.69, 9.17) is 4.74 Å². The first-order valence-corrected chi connectivity index (χ1v) is 8.81. The van der Waals surface area contributed by atoms with Gasteiger partial charge in [0.2, 0.25) is 0 Å². The van der Waals surface area contributed by atoms with Gasteiger partial charge in [0.25, 0.3) is 11.5 Å². The number of ether oxygens (including phenoxy) is 1. The third-order valence-electron chi connectivity index (χ3n) is 4.69. The van der Waals surface area contributed by atoms with Crippen molar-refractivity contribution in [2.24, 2.45) is 0 Å². The van der Waals surface area contributed by atoms with Gasteiger partial charge in [-0.1, -0.05) is 23.4 Å². The number of aromatic amines is 1. The van der Waals surface area contributed by atoms with Crippen LogP contribution in [0.2, 0.25) is 0 Å². The van der Waals surface area contributed by atoms with Crippen molar-refractivity contribution in [1.82, 2.24) is 25.1 Å². The van der Waals surface area contributed by atoms with Crippen molar-refractivity contribution in [3.05, 3.63) is 69.6 Å². The van der Waals surface area contributed by atoms with Crippen molar-refractivity contribution in [2.45, 2.75) is 19.9 Å². The second kappa shape index (κ2) is 6.80. The molecular formula is C20H19N5O3. The number of fused-ring (bicyclic) bond motifs is 3. The molecule has 0 radical (unpaired) electrons. The molecule has 0 saturated carbocycles. The molecular weight excluding hydrogens is 358 g/mol. The Kier molecular flexibility index (Phi) is 4.31. The summed E-state index contributed by atoms with van der Waals surface area (Å²) in [6, 6.07) is 12.7. The van der Waals surface area contributed by atoms with Gasteiger partial charge in [-0.2, -0.15) is 0 Å². The first kappa shape index (κ1) is 17.7. The summed E-state index contributed by atoms with van der Waals surface area (Å²) in [5.41, 5.74) is 2.93. The molecule has 28 heavy (non-hydrogen) atoms. The Balaban J connectivity index is 1.69. The van der Waals surface area contributed by atoms with Crippen LogP contribution in [0.4, 0.5) is 0 Å². The topological polar surface area (TPSA) is 101 Å². The molecule has 0 spiro atoms. The highest BCUT2D eigenvalue weighted by Gasteiger charge is 2.21. The summed E-state index contributed by atoms with van der Waals surface area (Å²) in [4.78, 5) is 28.1. The van der Waals surface area contributed by atoms with E-state index < -0.39 is 11.5 Å². The molecule has 0 aliphatic heterocycles. The Labute approximate surface area is 160 Å². The van der Waals surface area contributed by atoms with Gasteiger partial charge >= 0.3 is 0 Å². The zero-order chi connectivity index (χ0) is 19.8. The minimum absolute atomic E-state index is 0.0101. The Morgan fingerprint density at radius 1 is 1.21 bits per heavy atom. The summed E-state index contributed by atoms with van der Waals surface area (Å²) in [7, 11) is 1.60. The molecule has 0 aliphatic rings. The maximum Gasteiger partial charge on any atom is 0.277 e. The number of nitrogens with zero attached hydrogens (tertiary/aromatic N) is 3. The van der Waals surface area contributed by atoms with E-state index in [0.29, 0.717) is 11.0 Å². The number of hydrogen-bond acceptors (Lipinski definition) is 5. The first-order valence-electron chi connectivity index (χ1n) is 8.81. The van der Waals surface area contributed by atoms with Crippen molar-refractivity contribution in [1.29, 1.82) is 0 Å². The number of hydrogen-bond donors (Lipinski definition) is 2. The molecule has 2 aromatic heterocycles. The highest BCUT2D eigenvalue weighted by molar-refractivity contribution is 5.99. The highest BCUT2D eigenvalue weighted by atomic mass is 16.5. The molecule has 8 heteroatoms. The van der Waals surface area contributed by atoms with Crippen LogP contribution in [0.3, 0.4) is 0 Å². The van der Waals surface area contributed by atoms with Gasteiger partial charge in [0, 0.05) is 0 Å². The van der Waals surface area contributed by atoms with E-state index in [9.17, 15) is 9.59 Å². The summed E-state index contributed by atoms with van der Waals surface area (Å²) < 4.78 is 6.55. The van der Waals surface area contributed by atoms with Crippen LogP contribution >= 0.6 is 0 Å². The highest BCUT2D eigenvalue weighted by Crippen LogP contribution is 2.19. The average molecular weight is 377 g/mol. The number of carbonyl (C=O) groups excluding carboxylic acids is 1. The van der Waals surface area contributed by atoms with Gasteiger partial charge in [-0.25, -0.2) is 4.52 Å². The van der Waals surface area contributed by atoms with Gasteiger partial charge in [0.05, 0.1) is 24.2 Å². The number of methoxy groups -OCH3 is 1. The summed E-state index contributed by atoms with van der Waals surface area (Å²) in [6.07, 6.45) is 0. The number of rotatable bonds is 4. The maximum atomic E-state index is 12.8. The molecule has 1 atom stereocenters. The molecule has 0 bridgehead atoms. The van der Waals surface area contributed by atoms with E-state index in [2.05, 4.69) is 20.6 Å². The molecule has 2 aromatic carbocycles. The third kappa shape index (κ3) is 2.98.